The summed E-state index contributed by atoms with van der Waals surface area (Å²) in [6, 6.07) is 7.73. The number of rotatable bonds is 4. The van der Waals surface area contributed by atoms with Crippen molar-refractivity contribution in [2.75, 3.05) is 38.0 Å². The number of hydrogen-bond donors (Lipinski definition) is 1. The van der Waals surface area contributed by atoms with Crippen LogP contribution in [0.15, 0.2) is 47.1 Å². The van der Waals surface area contributed by atoms with Crippen LogP contribution in [0.1, 0.15) is 16.1 Å². The van der Waals surface area contributed by atoms with Gasteiger partial charge < -0.3 is 19.5 Å². The van der Waals surface area contributed by atoms with E-state index in [0.717, 1.165) is 12.1 Å². The van der Waals surface area contributed by atoms with Gasteiger partial charge in [-0.2, -0.15) is 13.2 Å². The molecule has 1 saturated heterocycles. The molecular weight excluding hydrogens is 363 g/mol. The number of furan rings is 1. The number of carbonyl (C=O) groups excluding carboxylic acids is 2. The summed E-state index contributed by atoms with van der Waals surface area (Å²) in [6.45, 7) is 1.54. The van der Waals surface area contributed by atoms with Crippen LogP contribution in [-0.4, -0.2) is 54.3 Å². The van der Waals surface area contributed by atoms with Gasteiger partial charge >= 0.3 is 6.18 Å². The molecule has 9 heteroatoms. The Morgan fingerprint density at radius 1 is 1.00 bits per heavy atom. The van der Waals surface area contributed by atoms with E-state index in [1.807, 2.05) is 0 Å². The van der Waals surface area contributed by atoms with Crippen molar-refractivity contribution in [2.45, 2.75) is 6.18 Å². The van der Waals surface area contributed by atoms with Crippen molar-refractivity contribution in [1.82, 2.24) is 9.80 Å². The van der Waals surface area contributed by atoms with Crippen LogP contribution in [0.4, 0.5) is 18.9 Å². The van der Waals surface area contributed by atoms with Gasteiger partial charge in [0, 0.05) is 31.9 Å². The van der Waals surface area contributed by atoms with E-state index < -0.39 is 11.7 Å². The van der Waals surface area contributed by atoms with Crippen LogP contribution in [0.5, 0.6) is 0 Å². The van der Waals surface area contributed by atoms with Crippen molar-refractivity contribution in [1.29, 1.82) is 0 Å². The Morgan fingerprint density at radius 2 is 1.63 bits per heavy atom. The van der Waals surface area contributed by atoms with Gasteiger partial charge in [-0.1, -0.05) is 0 Å². The fourth-order valence-electron chi connectivity index (χ4n) is 2.78. The summed E-state index contributed by atoms with van der Waals surface area (Å²) in [5.41, 5.74) is -0.306. The highest BCUT2D eigenvalue weighted by Crippen LogP contribution is 2.29. The minimum atomic E-state index is -4.39. The highest BCUT2D eigenvalue weighted by Gasteiger charge is 2.30. The monoisotopic (exact) mass is 381 g/mol. The Kier molecular flexibility index (Phi) is 5.38. The first kappa shape index (κ1) is 18.8. The smallest absolute Gasteiger partial charge is 0.416 e. The van der Waals surface area contributed by atoms with Crippen LogP contribution in [0.25, 0.3) is 0 Å². The fourth-order valence-corrected chi connectivity index (χ4v) is 2.78. The molecule has 6 nitrogen and oxygen atoms in total. The van der Waals surface area contributed by atoms with Gasteiger partial charge in [-0.15, -0.1) is 0 Å². The molecular formula is C18H18F3N3O3. The Labute approximate surface area is 153 Å². The molecule has 2 aromatic rings. The van der Waals surface area contributed by atoms with E-state index in [9.17, 15) is 22.8 Å². The molecule has 0 aliphatic carbocycles. The van der Waals surface area contributed by atoms with Crippen molar-refractivity contribution in [3.05, 3.63) is 54.0 Å². The molecule has 1 aliphatic rings. The quantitative estimate of drug-likeness (QED) is 0.885. The van der Waals surface area contributed by atoms with E-state index >= 15 is 0 Å². The number of nitrogens with zero attached hydrogens (tertiary/aromatic N) is 2. The van der Waals surface area contributed by atoms with E-state index in [2.05, 4.69) is 5.32 Å². The summed E-state index contributed by atoms with van der Waals surface area (Å²) >= 11 is 0. The summed E-state index contributed by atoms with van der Waals surface area (Å²) in [4.78, 5) is 27.7. The van der Waals surface area contributed by atoms with E-state index in [4.69, 9.17) is 4.42 Å². The van der Waals surface area contributed by atoms with Crippen molar-refractivity contribution < 1.29 is 27.2 Å². The molecule has 1 aliphatic heterocycles. The molecule has 144 valence electrons. The molecule has 0 spiro atoms. The summed E-state index contributed by atoms with van der Waals surface area (Å²) in [6.07, 6.45) is -2.96. The maximum Gasteiger partial charge on any atom is 0.416 e. The van der Waals surface area contributed by atoms with Crippen LogP contribution in [0, 0.1) is 0 Å². The Balaban J connectivity index is 1.46. The minimum absolute atomic E-state index is 0.0303. The lowest BCUT2D eigenvalue weighted by Crippen LogP contribution is -2.51. The SMILES string of the molecule is O=C(CNc1ccc(C(F)(F)F)cc1)N1CCN(C(=O)c2ccco2)CC1. The molecule has 27 heavy (non-hydrogen) atoms. The Bertz CT molecular complexity index is 780. The number of alkyl halides is 3. The standard InChI is InChI=1S/C18H18F3N3O3/c19-18(20,21)13-3-5-14(6-4-13)22-12-16(25)23-7-9-24(10-8-23)17(26)15-2-1-11-27-15/h1-6,11,22H,7-10,12H2. The second-order valence-electron chi connectivity index (χ2n) is 6.08. The number of nitrogens with one attached hydrogen (secondary N) is 1. The number of benzene rings is 1. The predicted molar refractivity (Wildman–Crippen MR) is 91.1 cm³/mol. The van der Waals surface area contributed by atoms with Crippen molar-refractivity contribution in [3.8, 4) is 0 Å². The summed E-state index contributed by atoms with van der Waals surface area (Å²) in [5.74, 6) is -0.131. The first-order valence-electron chi connectivity index (χ1n) is 8.36. The third-order valence-corrected chi connectivity index (χ3v) is 4.31. The van der Waals surface area contributed by atoms with Crippen molar-refractivity contribution in [2.24, 2.45) is 0 Å². The topological polar surface area (TPSA) is 65.8 Å². The van der Waals surface area contributed by atoms with Crippen LogP contribution in [0.3, 0.4) is 0 Å². The van der Waals surface area contributed by atoms with E-state index in [1.165, 1.54) is 18.4 Å². The lowest BCUT2D eigenvalue weighted by molar-refractivity contribution is -0.137. The zero-order valence-corrected chi connectivity index (χ0v) is 14.3. The number of carbonyl (C=O) groups is 2. The number of hydrogen-bond acceptors (Lipinski definition) is 4. The Hall–Kier alpha value is -2.97. The maximum atomic E-state index is 12.5. The van der Waals surface area contributed by atoms with Gasteiger partial charge in [-0.05, 0) is 36.4 Å². The van der Waals surface area contributed by atoms with Gasteiger partial charge in [0.2, 0.25) is 5.91 Å². The molecule has 0 bridgehead atoms. The molecule has 0 atom stereocenters. The van der Waals surface area contributed by atoms with Gasteiger partial charge in [0.05, 0.1) is 18.4 Å². The summed E-state index contributed by atoms with van der Waals surface area (Å²) < 4.78 is 42.7. The number of halogens is 3. The average Bonchev–Trinajstić information content (AvgIpc) is 3.20. The second-order valence-corrected chi connectivity index (χ2v) is 6.08. The summed E-state index contributed by atoms with van der Waals surface area (Å²) in [5, 5.41) is 2.82. The van der Waals surface area contributed by atoms with Crippen LogP contribution in [0.2, 0.25) is 0 Å². The zero-order chi connectivity index (χ0) is 19.4. The van der Waals surface area contributed by atoms with E-state index in [-0.39, 0.29) is 24.1 Å². The van der Waals surface area contributed by atoms with Gasteiger partial charge in [-0.25, -0.2) is 0 Å². The molecule has 1 fully saturated rings. The Morgan fingerprint density at radius 3 is 2.19 bits per heavy atom. The highest BCUT2D eigenvalue weighted by molar-refractivity contribution is 5.91. The third-order valence-electron chi connectivity index (χ3n) is 4.31. The number of amides is 2. The maximum absolute atomic E-state index is 12.5. The molecule has 1 aromatic carbocycles. The van der Waals surface area contributed by atoms with Gasteiger partial charge in [0.15, 0.2) is 5.76 Å². The normalized spacial score (nSPS) is 14.9. The zero-order valence-electron chi connectivity index (χ0n) is 14.3. The third kappa shape index (κ3) is 4.60. The van der Waals surface area contributed by atoms with Crippen LogP contribution < -0.4 is 5.32 Å². The fraction of sp³-hybridized carbons (Fsp3) is 0.333. The lowest BCUT2D eigenvalue weighted by Gasteiger charge is -2.34. The first-order chi connectivity index (χ1) is 12.8. The van der Waals surface area contributed by atoms with Crippen LogP contribution in [-0.2, 0) is 11.0 Å². The van der Waals surface area contributed by atoms with Gasteiger partial charge in [0.25, 0.3) is 5.91 Å². The van der Waals surface area contributed by atoms with Gasteiger partial charge in [-0.3, -0.25) is 9.59 Å². The molecule has 1 aromatic heterocycles. The predicted octanol–water partition coefficient (Wildman–Crippen LogP) is 2.69. The molecule has 0 radical (unpaired) electrons. The lowest BCUT2D eigenvalue weighted by atomic mass is 10.2. The number of anilines is 1. The molecule has 0 unspecified atom stereocenters. The molecule has 1 N–H and O–H groups in total. The number of piperazine rings is 1. The second kappa shape index (κ2) is 7.73. The minimum Gasteiger partial charge on any atom is -0.459 e. The van der Waals surface area contributed by atoms with Crippen molar-refractivity contribution >= 4 is 17.5 Å². The average molecular weight is 381 g/mol. The van der Waals surface area contributed by atoms with E-state index in [1.54, 1.807) is 21.9 Å². The molecule has 0 saturated carbocycles. The molecule has 2 amide bonds. The first-order valence-corrected chi connectivity index (χ1v) is 8.36. The molecule has 3 rings (SSSR count). The summed E-state index contributed by atoms with van der Waals surface area (Å²) in [7, 11) is 0. The molecule has 2 heterocycles. The van der Waals surface area contributed by atoms with E-state index in [0.29, 0.717) is 31.9 Å². The largest absolute Gasteiger partial charge is 0.459 e. The van der Waals surface area contributed by atoms with Crippen molar-refractivity contribution in [3.63, 3.8) is 0 Å². The van der Waals surface area contributed by atoms with Gasteiger partial charge in [0.1, 0.15) is 0 Å². The van der Waals surface area contributed by atoms with Crippen LogP contribution >= 0.6 is 0 Å². The highest BCUT2D eigenvalue weighted by atomic mass is 19.4.